The van der Waals surface area contributed by atoms with E-state index in [4.69, 9.17) is 4.74 Å². The van der Waals surface area contributed by atoms with Crippen molar-refractivity contribution in [1.29, 1.82) is 0 Å². The monoisotopic (exact) mass is 221 g/mol. The van der Waals surface area contributed by atoms with E-state index in [9.17, 15) is 0 Å². The highest BCUT2D eigenvalue weighted by Gasteiger charge is 2.12. The van der Waals surface area contributed by atoms with Crippen LogP contribution >= 0.6 is 0 Å². The second kappa shape index (κ2) is 5.25. The van der Waals surface area contributed by atoms with Gasteiger partial charge in [0, 0.05) is 11.9 Å². The van der Waals surface area contributed by atoms with Crippen molar-refractivity contribution in [2.45, 2.75) is 26.2 Å². The van der Waals surface area contributed by atoms with E-state index in [1.54, 1.807) is 7.11 Å². The summed E-state index contributed by atoms with van der Waals surface area (Å²) >= 11 is 0. The standard InChI is InChI=1S/C12H19N3O/c1-10-11(9-13-12(14-10)16-2)5-3-6-15-7-4-8-15/h9H,3-8H2,1-2H3. The molecular weight excluding hydrogens is 202 g/mol. The lowest BCUT2D eigenvalue weighted by Crippen LogP contribution is -2.37. The molecule has 1 aromatic rings. The third kappa shape index (κ3) is 2.70. The summed E-state index contributed by atoms with van der Waals surface area (Å²) in [5.41, 5.74) is 2.27. The van der Waals surface area contributed by atoms with E-state index in [0.717, 1.165) is 12.1 Å². The molecule has 2 rings (SSSR count). The largest absolute Gasteiger partial charge is 0.467 e. The van der Waals surface area contributed by atoms with Crippen LogP contribution in [0, 0.1) is 6.92 Å². The highest BCUT2D eigenvalue weighted by atomic mass is 16.5. The van der Waals surface area contributed by atoms with Crippen molar-refractivity contribution in [3.05, 3.63) is 17.5 Å². The molecule has 16 heavy (non-hydrogen) atoms. The first-order valence-electron chi connectivity index (χ1n) is 5.88. The molecule has 4 heteroatoms. The summed E-state index contributed by atoms with van der Waals surface area (Å²) < 4.78 is 4.99. The fourth-order valence-electron chi connectivity index (χ4n) is 1.91. The normalized spacial score (nSPS) is 15.9. The first kappa shape index (κ1) is 11.3. The van der Waals surface area contributed by atoms with Crippen LogP contribution in [0.3, 0.4) is 0 Å². The Bertz CT molecular complexity index is 350. The molecule has 0 unspecified atom stereocenters. The van der Waals surface area contributed by atoms with Crippen LogP contribution in [-0.4, -0.2) is 41.6 Å². The summed E-state index contributed by atoms with van der Waals surface area (Å²) in [5.74, 6) is 0. The van der Waals surface area contributed by atoms with Crippen molar-refractivity contribution < 1.29 is 4.74 Å². The molecule has 0 saturated carbocycles. The second-order valence-electron chi connectivity index (χ2n) is 4.27. The summed E-state index contributed by atoms with van der Waals surface area (Å²) in [6.07, 6.45) is 5.50. The Labute approximate surface area is 96.7 Å². The number of nitrogens with zero attached hydrogens (tertiary/aromatic N) is 3. The number of rotatable bonds is 5. The number of hydrogen-bond acceptors (Lipinski definition) is 4. The van der Waals surface area contributed by atoms with Crippen LogP contribution in [0.5, 0.6) is 6.01 Å². The third-order valence-electron chi connectivity index (χ3n) is 3.11. The van der Waals surface area contributed by atoms with Crippen molar-refractivity contribution >= 4 is 0 Å². The molecule has 1 aliphatic heterocycles. The molecule has 0 amide bonds. The summed E-state index contributed by atoms with van der Waals surface area (Å²) in [7, 11) is 1.60. The highest BCUT2D eigenvalue weighted by Crippen LogP contribution is 2.12. The SMILES string of the molecule is COc1ncc(CCCN2CCC2)c(C)n1. The van der Waals surface area contributed by atoms with Crippen molar-refractivity contribution in [3.8, 4) is 6.01 Å². The Hall–Kier alpha value is -1.16. The van der Waals surface area contributed by atoms with Crippen LogP contribution in [0.2, 0.25) is 0 Å². The van der Waals surface area contributed by atoms with Gasteiger partial charge in [0.15, 0.2) is 0 Å². The van der Waals surface area contributed by atoms with Crippen LogP contribution in [-0.2, 0) is 6.42 Å². The van der Waals surface area contributed by atoms with E-state index in [1.807, 2.05) is 13.1 Å². The maximum absolute atomic E-state index is 4.99. The molecule has 88 valence electrons. The first-order chi connectivity index (χ1) is 7.79. The molecule has 4 nitrogen and oxygen atoms in total. The van der Waals surface area contributed by atoms with Gasteiger partial charge < -0.3 is 9.64 Å². The Morgan fingerprint density at radius 2 is 2.25 bits per heavy atom. The zero-order chi connectivity index (χ0) is 11.4. The quantitative estimate of drug-likeness (QED) is 0.754. The molecule has 0 N–H and O–H groups in total. The highest BCUT2D eigenvalue weighted by molar-refractivity contribution is 5.17. The second-order valence-corrected chi connectivity index (χ2v) is 4.27. The van der Waals surface area contributed by atoms with Crippen LogP contribution in [0.1, 0.15) is 24.1 Å². The first-order valence-corrected chi connectivity index (χ1v) is 5.88. The van der Waals surface area contributed by atoms with Gasteiger partial charge in [-0.1, -0.05) is 0 Å². The van der Waals surface area contributed by atoms with E-state index in [2.05, 4.69) is 14.9 Å². The average molecular weight is 221 g/mol. The predicted octanol–water partition coefficient (Wildman–Crippen LogP) is 1.43. The number of methoxy groups -OCH3 is 1. The van der Waals surface area contributed by atoms with Gasteiger partial charge >= 0.3 is 6.01 Å². The Morgan fingerprint density at radius 3 is 2.81 bits per heavy atom. The van der Waals surface area contributed by atoms with E-state index in [1.165, 1.54) is 38.0 Å². The minimum absolute atomic E-state index is 0.462. The third-order valence-corrected chi connectivity index (χ3v) is 3.11. The van der Waals surface area contributed by atoms with Crippen LogP contribution in [0.25, 0.3) is 0 Å². The van der Waals surface area contributed by atoms with Gasteiger partial charge in [-0.05, 0) is 51.4 Å². The Balaban J connectivity index is 1.83. The molecule has 0 aromatic carbocycles. The van der Waals surface area contributed by atoms with E-state index >= 15 is 0 Å². The maximum atomic E-state index is 4.99. The summed E-state index contributed by atoms with van der Waals surface area (Å²) in [6.45, 7) is 5.77. The molecule has 1 saturated heterocycles. The minimum Gasteiger partial charge on any atom is -0.467 e. The van der Waals surface area contributed by atoms with Crippen LogP contribution in [0.4, 0.5) is 0 Å². The molecule has 0 atom stereocenters. The molecule has 1 aliphatic rings. The fourth-order valence-corrected chi connectivity index (χ4v) is 1.91. The van der Waals surface area contributed by atoms with Gasteiger partial charge in [-0.2, -0.15) is 0 Å². The molecule has 1 fully saturated rings. The number of likely N-dealkylation sites (tertiary alicyclic amines) is 1. The van der Waals surface area contributed by atoms with E-state index < -0.39 is 0 Å². The number of aromatic nitrogens is 2. The van der Waals surface area contributed by atoms with Gasteiger partial charge in [-0.15, -0.1) is 0 Å². The molecule has 0 bridgehead atoms. The summed E-state index contributed by atoms with van der Waals surface area (Å²) in [5, 5.41) is 0. The van der Waals surface area contributed by atoms with Gasteiger partial charge in [-0.25, -0.2) is 9.97 Å². The number of aryl methyl sites for hydroxylation is 2. The van der Waals surface area contributed by atoms with Crippen LogP contribution < -0.4 is 4.74 Å². The Kier molecular flexibility index (Phi) is 3.72. The summed E-state index contributed by atoms with van der Waals surface area (Å²) in [4.78, 5) is 10.9. The lowest BCUT2D eigenvalue weighted by atomic mass is 10.1. The predicted molar refractivity (Wildman–Crippen MR) is 62.7 cm³/mol. The zero-order valence-electron chi connectivity index (χ0n) is 10.1. The molecule has 1 aromatic heterocycles. The molecule has 0 aliphatic carbocycles. The molecule has 2 heterocycles. The van der Waals surface area contributed by atoms with Crippen molar-refractivity contribution in [2.24, 2.45) is 0 Å². The fraction of sp³-hybridized carbons (Fsp3) is 0.667. The average Bonchev–Trinajstić information content (AvgIpc) is 2.23. The van der Waals surface area contributed by atoms with Crippen molar-refractivity contribution in [1.82, 2.24) is 14.9 Å². The van der Waals surface area contributed by atoms with Gasteiger partial charge in [0.05, 0.1) is 7.11 Å². The number of ether oxygens (including phenoxy) is 1. The van der Waals surface area contributed by atoms with Gasteiger partial charge in [-0.3, -0.25) is 0 Å². The number of hydrogen-bond donors (Lipinski definition) is 0. The lowest BCUT2D eigenvalue weighted by Gasteiger charge is -2.30. The lowest BCUT2D eigenvalue weighted by molar-refractivity contribution is 0.179. The minimum atomic E-state index is 0.462. The summed E-state index contributed by atoms with van der Waals surface area (Å²) in [6, 6.07) is 0.462. The molecule has 0 spiro atoms. The molecular formula is C12H19N3O. The van der Waals surface area contributed by atoms with E-state index in [0.29, 0.717) is 6.01 Å². The van der Waals surface area contributed by atoms with Crippen molar-refractivity contribution in [2.75, 3.05) is 26.7 Å². The smallest absolute Gasteiger partial charge is 0.316 e. The topological polar surface area (TPSA) is 38.2 Å². The maximum Gasteiger partial charge on any atom is 0.316 e. The van der Waals surface area contributed by atoms with Crippen molar-refractivity contribution in [3.63, 3.8) is 0 Å². The van der Waals surface area contributed by atoms with Gasteiger partial charge in [0.2, 0.25) is 0 Å². The van der Waals surface area contributed by atoms with Gasteiger partial charge in [0.1, 0.15) is 0 Å². The molecule has 0 radical (unpaired) electrons. The zero-order valence-corrected chi connectivity index (χ0v) is 10.1. The van der Waals surface area contributed by atoms with Gasteiger partial charge in [0.25, 0.3) is 0 Å². The van der Waals surface area contributed by atoms with E-state index in [-0.39, 0.29) is 0 Å². The van der Waals surface area contributed by atoms with Crippen LogP contribution in [0.15, 0.2) is 6.20 Å². The Morgan fingerprint density at radius 1 is 1.44 bits per heavy atom.